The van der Waals surface area contributed by atoms with Crippen LogP contribution in [0, 0.1) is 13.8 Å². The summed E-state index contributed by atoms with van der Waals surface area (Å²) in [5.41, 5.74) is 5.93. The highest BCUT2D eigenvalue weighted by Gasteiger charge is 2.18. The molecule has 0 radical (unpaired) electrons. The average Bonchev–Trinajstić information content (AvgIpc) is 2.82. The first-order chi connectivity index (χ1) is 9.04. The van der Waals surface area contributed by atoms with Crippen LogP contribution in [0.3, 0.4) is 0 Å². The van der Waals surface area contributed by atoms with Crippen LogP contribution in [0.25, 0.3) is 16.8 Å². The fourth-order valence-corrected chi connectivity index (χ4v) is 3.43. The summed E-state index contributed by atoms with van der Waals surface area (Å²) in [6.07, 6.45) is 0. The summed E-state index contributed by atoms with van der Waals surface area (Å²) < 4.78 is 5.39. The molecule has 1 N–H and O–H groups in total. The summed E-state index contributed by atoms with van der Waals surface area (Å²) in [6, 6.07) is 4.37. The lowest BCUT2D eigenvalue weighted by Gasteiger charge is -2.03. The van der Waals surface area contributed by atoms with Gasteiger partial charge in [-0.15, -0.1) is 0 Å². The summed E-state index contributed by atoms with van der Waals surface area (Å²) in [5, 5.41) is 3.20. The molecule has 5 heteroatoms. The van der Waals surface area contributed by atoms with E-state index in [2.05, 4.69) is 63.2 Å². The van der Waals surface area contributed by atoms with Crippen LogP contribution in [0.5, 0.6) is 0 Å². The van der Waals surface area contributed by atoms with Gasteiger partial charge in [-0.25, -0.2) is 4.98 Å². The Kier molecular flexibility index (Phi) is 2.91. The van der Waals surface area contributed by atoms with Crippen LogP contribution in [-0.2, 0) is 13.6 Å². The third-order valence-electron chi connectivity index (χ3n) is 3.56. The largest absolute Gasteiger partial charge is 0.315 e. The Hall–Kier alpha value is -1.33. The van der Waals surface area contributed by atoms with Crippen molar-refractivity contribution in [1.29, 1.82) is 0 Å². The second kappa shape index (κ2) is 4.35. The maximum atomic E-state index is 4.79. The Morgan fingerprint density at radius 3 is 2.74 bits per heavy atom. The van der Waals surface area contributed by atoms with Crippen molar-refractivity contribution >= 4 is 32.7 Å². The Balaban J connectivity index is 2.46. The summed E-state index contributed by atoms with van der Waals surface area (Å²) in [6.45, 7) is 5.05. The number of rotatable bonds is 2. The molecule has 0 atom stereocenters. The standard InChI is InChI=1S/C14H17BrN4/c1-8-5-9(2)12-10(6-8)19-13(15)11(7-16-3)18(4)14(19)17-12/h5-6,16H,7H2,1-4H3. The molecular weight excluding hydrogens is 304 g/mol. The monoisotopic (exact) mass is 320 g/mol. The van der Waals surface area contributed by atoms with Gasteiger partial charge in [-0.05, 0) is 54.0 Å². The van der Waals surface area contributed by atoms with E-state index in [0.29, 0.717) is 0 Å². The van der Waals surface area contributed by atoms with Crippen LogP contribution in [0.2, 0.25) is 0 Å². The number of halogens is 1. The van der Waals surface area contributed by atoms with Gasteiger partial charge >= 0.3 is 0 Å². The third kappa shape index (κ3) is 1.72. The van der Waals surface area contributed by atoms with E-state index >= 15 is 0 Å². The van der Waals surface area contributed by atoms with Gasteiger partial charge in [0.2, 0.25) is 5.78 Å². The molecule has 0 unspecified atom stereocenters. The van der Waals surface area contributed by atoms with E-state index in [1.54, 1.807) is 0 Å². The van der Waals surface area contributed by atoms with Crippen LogP contribution >= 0.6 is 15.9 Å². The Morgan fingerprint density at radius 2 is 2.05 bits per heavy atom. The topological polar surface area (TPSA) is 34.3 Å². The number of nitrogens with one attached hydrogen (secondary N) is 1. The lowest BCUT2D eigenvalue weighted by atomic mass is 10.1. The van der Waals surface area contributed by atoms with Crippen molar-refractivity contribution < 1.29 is 0 Å². The van der Waals surface area contributed by atoms with E-state index in [1.807, 2.05) is 7.05 Å². The summed E-state index contributed by atoms with van der Waals surface area (Å²) in [5.74, 6) is 0.973. The highest BCUT2D eigenvalue weighted by molar-refractivity contribution is 9.10. The molecule has 0 fully saturated rings. The number of fused-ring (bicyclic) bond motifs is 3. The molecule has 1 aromatic carbocycles. The van der Waals surface area contributed by atoms with Gasteiger partial charge in [-0.1, -0.05) is 6.07 Å². The van der Waals surface area contributed by atoms with E-state index < -0.39 is 0 Å². The van der Waals surface area contributed by atoms with Gasteiger partial charge in [0, 0.05) is 13.6 Å². The van der Waals surface area contributed by atoms with E-state index in [4.69, 9.17) is 4.98 Å². The molecule has 0 bridgehead atoms. The number of nitrogens with zero attached hydrogens (tertiary/aromatic N) is 3. The quantitative estimate of drug-likeness (QED) is 0.787. The predicted octanol–water partition coefficient (Wildman–Crippen LogP) is 2.92. The molecule has 3 aromatic rings. The molecule has 2 heterocycles. The maximum absolute atomic E-state index is 4.79. The van der Waals surface area contributed by atoms with Crippen LogP contribution in [0.1, 0.15) is 16.8 Å². The van der Waals surface area contributed by atoms with Crippen molar-refractivity contribution in [2.24, 2.45) is 7.05 Å². The van der Waals surface area contributed by atoms with Crippen LogP contribution in [0.15, 0.2) is 16.7 Å². The second-order valence-electron chi connectivity index (χ2n) is 5.02. The van der Waals surface area contributed by atoms with Crippen molar-refractivity contribution in [2.75, 3.05) is 7.05 Å². The average molecular weight is 321 g/mol. The lowest BCUT2D eigenvalue weighted by molar-refractivity contribution is 0.738. The van der Waals surface area contributed by atoms with Gasteiger partial charge in [-0.2, -0.15) is 0 Å². The normalized spacial score (nSPS) is 11.8. The SMILES string of the molecule is CNCc1c(Br)n2c3cc(C)cc(C)c3nc2n1C. The minimum atomic E-state index is 0.812. The molecule has 0 saturated carbocycles. The van der Waals surface area contributed by atoms with Gasteiger partial charge < -0.3 is 9.88 Å². The zero-order chi connectivity index (χ0) is 13.7. The summed E-state index contributed by atoms with van der Waals surface area (Å²) in [7, 11) is 4.01. The zero-order valence-corrected chi connectivity index (χ0v) is 13.2. The number of hydrogen-bond donors (Lipinski definition) is 1. The number of aryl methyl sites for hydroxylation is 3. The summed E-state index contributed by atoms with van der Waals surface area (Å²) >= 11 is 3.72. The number of aromatic nitrogens is 3. The van der Waals surface area contributed by atoms with E-state index in [0.717, 1.165) is 28.0 Å². The van der Waals surface area contributed by atoms with Crippen molar-refractivity contribution in [3.8, 4) is 0 Å². The molecule has 3 rings (SSSR count). The molecule has 19 heavy (non-hydrogen) atoms. The van der Waals surface area contributed by atoms with E-state index in [9.17, 15) is 0 Å². The fraction of sp³-hybridized carbons (Fsp3) is 0.357. The molecule has 0 spiro atoms. The molecule has 0 saturated heterocycles. The molecule has 100 valence electrons. The maximum Gasteiger partial charge on any atom is 0.215 e. The highest BCUT2D eigenvalue weighted by Crippen LogP contribution is 2.29. The van der Waals surface area contributed by atoms with E-state index in [1.165, 1.54) is 16.8 Å². The Bertz CT molecular complexity index is 782. The highest BCUT2D eigenvalue weighted by atomic mass is 79.9. The fourth-order valence-electron chi connectivity index (χ4n) is 2.68. The molecule has 2 aromatic heterocycles. The smallest absolute Gasteiger partial charge is 0.215 e. The van der Waals surface area contributed by atoms with Gasteiger partial charge in [0.25, 0.3) is 0 Å². The first-order valence-corrected chi connectivity index (χ1v) is 7.11. The van der Waals surface area contributed by atoms with Crippen LogP contribution in [0.4, 0.5) is 0 Å². The van der Waals surface area contributed by atoms with Crippen molar-refractivity contribution in [1.82, 2.24) is 19.3 Å². The zero-order valence-electron chi connectivity index (χ0n) is 11.6. The molecule has 0 amide bonds. The first-order valence-electron chi connectivity index (χ1n) is 6.31. The Morgan fingerprint density at radius 1 is 1.32 bits per heavy atom. The van der Waals surface area contributed by atoms with Crippen molar-refractivity contribution in [3.63, 3.8) is 0 Å². The van der Waals surface area contributed by atoms with Crippen LogP contribution < -0.4 is 5.32 Å². The number of benzene rings is 1. The Labute approximate surface area is 120 Å². The minimum absolute atomic E-state index is 0.812. The molecule has 0 aliphatic carbocycles. The van der Waals surface area contributed by atoms with Gasteiger partial charge in [-0.3, -0.25) is 4.40 Å². The third-order valence-corrected chi connectivity index (χ3v) is 4.37. The summed E-state index contributed by atoms with van der Waals surface area (Å²) in [4.78, 5) is 4.79. The minimum Gasteiger partial charge on any atom is -0.315 e. The van der Waals surface area contributed by atoms with E-state index in [-0.39, 0.29) is 0 Å². The van der Waals surface area contributed by atoms with Crippen LogP contribution in [-0.4, -0.2) is 21.0 Å². The predicted molar refractivity (Wildman–Crippen MR) is 81.6 cm³/mol. The molecule has 0 aliphatic rings. The van der Waals surface area contributed by atoms with Crippen molar-refractivity contribution in [3.05, 3.63) is 33.6 Å². The number of hydrogen-bond acceptors (Lipinski definition) is 2. The second-order valence-corrected chi connectivity index (χ2v) is 5.77. The molecule has 4 nitrogen and oxygen atoms in total. The molecule has 0 aliphatic heterocycles. The van der Waals surface area contributed by atoms with Crippen molar-refractivity contribution in [2.45, 2.75) is 20.4 Å². The number of imidazole rings is 2. The molecular formula is C14H17BrN4. The van der Waals surface area contributed by atoms with Gasteiger partial charge in [0.05, 0.1) is 16.7 Å². The van der Waals surface area contributed by atoms with Gasteiger partial charge in [0.15, 0.2) is 0 Å². The van der Waals surface area contributed by atoms with Gasteiger partial charge in [0.1, 0.15) is 4.60 Å². The lowest BCUT2D eigenvalue weighted by Crippen LogP contribution is -2.09. The first kappa shape index (κ1) is 12.7.